The van der Waals surface area contributed by atoms with Gasteiger partial charge in [-0.25, -0.2) is 13.2 Å². The molecule has 1 aliphatic carbocycles. The van der Waals surface area contributed by atoms with Crippen LogP contribution in [0.25, 0.3) is 0 Å². The number of nitrogens with one attached hydrogen (secondary N) is 1. The van der Waals surface area contributed by atoms with Crippen molar-refractivity contribution < 1.29 is 23.1 Å². The van der Waals surface area contributed by atoms with E-state index in [1.165, 1.54) is 4.90 Å². The molecular weight excluding hydrogens is 272 g/mol. The first-order valence-electron chi connectivity index (χ1n) is 6.29. The first-order valence-corrected chi connectivity index (χ1v) is 8.11. The van der Waals surface area contributed by atoms with Crippen molar-refractivity contribution in [2.24, 2.45) is 5.92 Å². The van der Waals surface area contributed by atoms with Gasteiger partial charge in [-0.05, 0) is 18.8 Å². The third-order valence-corrected chi connectivity index (χ3v) is 4.62. The van der Waals surface area contributed by atoms with E-state index in [1.54, 1.807) is 6.92 Å². The maximum Gasteiger partial charge on any atom is 0.323 e. The molecule has 2 N–H and O–H groups in total. The molecule has 110 valence electrons. The maximum atomic E-state index is 11.8. The minimum Gasteiger partial charge on any atom is -0.480 e. The number of sulfone groups is 1. The Morgan fingerprint density at radius 1 is 1.37 bits per heavy atom. The molecular formula is C11H20N2O5S. The van der Waals surface area contributed by atoms with Crippen molar-refractivity contribution in [3.8, 4) is 0 Å². The van der Waals surface area contributed by atoms with Crippen LogP contribution in [0.1, 0.15) is 19.8 Å². The molecule has 0 heterocycles. The number of carboxylic acid groups (broad SMARTS) is 1. The average Bonchev–Trinajstić information content (AvgIpc) is 3.11. The number of hydrogen-bond donors (Lipinski definition) is 2. The van der Waals surface area contributed by atoms with Gasteiger partial charge in [-0.2, -0.15) is 0 Å². The van der Waals surface area contributed by atoms with Crippen LogP contribution in [0.3, 0.4) is 0 Å². The number of nitrogens with zero attached hydrogens (tertiary/aromatic N) is 1. The van der Waals surface area contributed by atoms with Crippen LogP contribution in [0.5, 0.6) is 0 Å². The van der Waals surface area contributed by atoms with Crippen LogP contribution in [0, 0.1) is 5.92 Å². The summed E-state index contributed by atoms with van der Waals surface area (Å²) in [5, 5.41) is 11.2. The van der Waals surface area contributed by atoms with Crippen LogP contribution < -0.4 is 5.32 Å². The average molecular weight is 292 g/mol. The Morgan fingerprint density at radius 2 is 2.00 bits per heavy atom. The lowest BCUT2D eigenvalue weighted by atomic mass is 10.3. The summed E-state index contributed by atoms with van der Waals surface area (Å²) in [6.45, 7) is 1.61. The van der Waals surface area contributed by atoms with Gasteiger partial charge in [0.05, 0.1) is 5.75 Å². The molecule has 0 aliphatic heterocycles. The van der Waals surface area contributed by atoms with Crippen molar-refractivity contribution in [3.63, 3.8) is 0 Å². The van der Waals surface area contributed by atoms with E-state index in [9.17, 15) is 18.0 Å². The molecule has 0 spiro atoms. The molecule has 0 aromatic heterocycles. The zero-order valence-corrected chi connectivity index (χ0v) is 11.8. The van der Waals surface area contributed by atoms with Crippen LogP contribution in [-0.4, -0.2) is 61.6 Å². The third-order valence-electron chi connectivity index (χ3n) is 2.92. The largest absolute Gasteiger partial charge is 0.480 e. The Balaban J connectivity index is 2.40. The summed E-state index contributed by atoms with van der Waals surface area (Å²) in [6.07, 6.45) is 2.02. The van der Waals surface area contributed by atoms with Gasteiger partial charge in [-0.3, -0.25) is 4.79 Å². The summed E-state index contributed by atoms with van der Waals surface area (Å²) in [4.78, 5) is 23.7. The highest BCUT2D eigenvalue weighted by Crippen LogP contribution is 2.29. The van der Waals surface area contributed by atoms with Gasteiger partial charge in [0.25, 0.3) is 0 Å². The number of hydrogen-bond acceptors (Lipinski definition) is 4. The number of urea groups is 1. The van der Waals surface area contributed by atoms with E-state index < -0.39 is 21.8 Å². The second-order valence-electron chi connectivity index (χ2n) is 4.69. The molecule has 8 heteroatoms. The Hall–Kier alpha value is -1.31. The summed E-state index contributed by atoms with van der Waals surface area (Å²) >= 11 is 0. The predicted molar refractivity (Wildman–Crippen MR) is 69.7 cm³/mol. The normalized spacial score (nSPS) is 15.0. The van der Waals surface area contributed by atoms with Crippen LogP contribution in [0.15, 0.2) is 0 Å². The van der Waals surface area contributed by atoms with E-state index in [4.69, 9.17) is 5.11 Å². The zero-order chi connectivity index (χ0) is 14.5. The number of carbonyl (C=O) groups excluding carboxylic acids is 1. The highest BCUT2D eigenvalue weighted by atomic mass is 32.2. The predicted octanol–water partition coefficient (Wildman–Crippen LogP) is -0.0727. The topological polar surface area (TPSA) is 104 Å². The van der Waals surface area contributed by atoms with E-state index in [0.717, 1.165) is 12.8 Å². The number of carboxylic acids is 1. The molecule has 1 aliphatic rings. The highest BCUT2D eigenvalue weighted by Gasteiger charge is 2.27. The van der Waals surface area contributed by atoms with E-state index >= 15 is 0 Å². The van der Waals surface area contributed by atoms with Crippen LogP contribution in [0.4, 0.5) is 4.79 Å². The zero-order valence-electron chi connectivity index (χ0n) is 11.0. The van der Waals surface area contributed by atoms with Crippen LogP contribution >= 0.6 is 0 Å². The van der Waals surface area contributed by atoms with Gasteiger partial charge in [-0.15, -0.1) is 0 Å². The Morgan fingerprint density at radius 3 is 2.47 bits per heavy atom. The maximum absolute atomic E-state index is 11.8. The molecule has 0 aromatic rings. The molecule has 0 radical (unpaired) electrons. The van der Waals surface area contributed by atoms with Gasteiger partial charge in [0, 0.05) is 18.8 Å². The molecule has 0 saturated heterocycles. The molecule has 7 nitrogen and oxygen atoms in total. The number of amides is 2. The molecule has 19 heavy (non-hydrogen) atoms. The molecule has 0 bridgehead atoms. The van der Waals surface area contributed by atoms with Crippen LogP contribution in [0.2, 0.25) is 0 Å². The van der Waals surface area contributed by atoms with E-state index in [0.29, 0.717) is 12.5 Å². The SMILES string of the molecule is CCS(=O)(=O)CCNC(=O)N(CC(=O)O)CC1CC1. The summed E-state index contributed by atoms with van der Waals surface area (Å²) < 4.78 is 22.5. The van der Waals surface area contributed by atoms with E-state index in [-0.39, 0.29) is 24.6 Å². The molecule has 2 amide bonds. The van der Waals surface area contributed by atoms with Crippen molar-refractivity contribution in [2.45, 2.75) is 19.8 Å². The smallest absolute Gasteiger partial charge is 0.323 e. The van der Waals surface area contributed by atoms with Crippen molar-refractivity contribution in [3.05, 3.63) is 0 Å². The summed E-state index contributed by atoms with van der Waals surface area (Å²) in [6, 6.07) is -0.513. The Bertz CT molecular complexity index is 430. The van der Waals surface area contributed by atoms with Gasteiger partial charge >= 0.3 is 12.0 Å². The lowest BCUT2D eigenvalue weighted by molar-refractivity contribution is -0.137. The highest BCUT2D eigenvalue weighted by molar-refractivity contribution is 7.91. The van der Waals surface area contributed by atoms with Crippen LogP contribution in [-0.2, 0) is 14.6 Å². The number of aliphatic carboxylic acids is 1. The molecule has 1 rings (SSSR count). The second-order valence-corrected chi connectivity index (χ2v) is 7.16. The third kappa shape index (κ3) is 6.42. The number of rotatable bonds is 8. The van der Waals surface area contributed by atoms with Gasteiger partial charge in [0.2, 0.25) is 0 Å². The summed E-state index contributed by atoms with van der Waals surface area (Å²) in [5.41, 5.74) is 0. The quantitative estimate of drug-likeness (QED) is 0.651. The first kappa shape index (κ1) is 15.7. The van der Waals surface area contributed by atoms with Crippen molar-refractivity contribution in [1.82, 2.24) is 10.2 Å². The van der Waals surface area contributed by atoms with Gasteiger partial charge in [0.1, 0.15) is 6.54 Å². The summed E-state index contributed by atoms with van der Waals surface area (Å²) in [7, 11) is -3.12. The minimum atomic E-state index is -3.12. The van der Waals surface area contributed by atoms with Gasteiger partial charge < -0.3 is 15.3 Å². The summed E-state index contributed by atoms with van der Waals surface area (Å²) in [5.74, 6) is -0.787. The van der Waals surface area contributed by atoms with Gasteiger partial charge in [-0.1, -0.05) is 6.92 Å². The molecule has 0 atom stereocenters. The monoisotopic (exact) mass is 292 g/mol. The standard InChI is InChI=1S/C11H20N2O5S/c1-2-19(17,18)6-5-12-11(16)13(8-10(14)15)7-9-3-4-9/h9H,2-8H2,1H3,(H,12,16)(H,14,15). The van der Waals surface area contributed by atoms with Gasteiger partial charge in [0.15, 0.2) is 9.84 Å². The first-order chi connectivity index (χ1) is 8.84. The molecule has 1 saturated carbocycles. The Kier molecular flexibility index (Phi) is 5.59. The van der Waals surface area contributed by atoms with Crippen molar-refractivity contribution in [1.29, 1.82) is 0 Å². The second kappa shape index (κ2) is 6.74. The fourth-order valence-electron chi connectivity index (χ4n) is 1.56. The lowest BCUT2D eigenvalue weighted by Gasteiger charge is -2.20. The van der Waals surface area contributed by atoms with Crippen molar-refractivity contribution in [2.75, 3.05) is 31.1 Å². The molecule has 1 fully saturated rings. The van der Waals surface area contributed by atoms with E-state index in [2.05, 4.69) is 5.32 Å². The molecule has 0 unspecified atom stereocenters. The minimum absolute atomic E-state index is 0.00971. The molecule has 0 aromatic carbocycles. The fourth-order valence-corrected chi connectivity index (χ4v) is 2.27. The van der Waals surface area contributed by atoms with Crippen molar-refractivity contribution >= 4 is 21.8 Å². The Labute approximate surface area is 112 Å². The lowest BCUT2D eigenvalue weighted by Crippen LogP contribution is -2.45. The fraction of sp³-hybridized carbons (Fsp3) is 0.818. The number of carbonyl (C=O) groups is 2. The van der Waals surface area contributed by atoms with E-state index in [1.807, 2.05) is 0 Å².